The summed E-state index contributed by atoms with van der Waals surface area (Å²) >= 11 is 0. The summed E-state index contributed by atoms with van der Waals surface area (Å²) in [5.41, 5.74) is 0. The molecule has 2 saturated carbocycles. The fourth-order valence-corrected chi connectivity index (χ4v) is 7.56. The van der Waals surface area contributed by atoms with E-state index in [4.69, 9.17) is 4.43 Å². The first-order chi connectivity index (χ1) is 12.1. The number of benzene rings is 1. The van der Waals surface area contributed by atoms with Crippen molar-refractivity contribution in [3.8, 4) is 0 Å². The number of hydrogen-bond acceptors (Lipinski definition) is 1. The molecule has 2 heteroatoms. The van der Waals surface area contributed by atoms with Crippen LogP contribution < -0.4 is 5.19 Å². The smallest absolute Gasteiger partial charge is 0.218 e. The fourth-order valence-electron chi connectivity index (χ4n) is 5.36. The van der Waals surface area contributed by atoms with Crippen molar-refractivity contribution in [2.24, 2.45) is 17.8 Å². The molecule has 140 valence electrons. The first-order valence-corrected chi connectivity index (χ1v) is 13.7. The van der Waals surface area contributed by atoms with Gasteiger partial charge in [0.05, 0.1) is 0 Å². The zero-order valence-electron chi connectivity index (χ0n) is 16.7. The standard InChI is InChI=1S/C23H38OSi/c1-4-8-19-11-13-20(14-12-19)21-15-17-22(18-16-21)24-25(2,3)23-9-6-5-7-10-23/h5-7,9-10,19-22H,4,8,11-18H2,1-3H3/t19-,20-,21?,22?. The molecule has 0 aromatic heterocycles. The monoisotopic (exact) mass is 358 g/mol. The molecule has 1 aromatic carbocycles. The Morgan fingerprint density at radius 3 is 1.96 bits per heavy atom. The Morgan fingerprint density at radius 2 is 1.40 bits per heavy atom. The van der Waals surface area contributed by atoms with Crippen LogP contribution in [0.2, 0.25) is 13.1 Å². The maximum Gasteiger partial charge on any atom is 0.218 e. The summed E-state index contributed by atoms with van der Waals surface area (Å²) in [6.07, 6.45) is 14.8. The second-order valence-corrected chi connectivity index (χ2v) is 12.9. The zero-order chi connectivity index (χ0) is 17.7. The molecule has 2 aliphatic rings. The van der Waals surface area contributed by atoms with Gasteiger partial charge in [0.2, 0.25) is 8.32 Å². The minimum Gasteiger partial charge on any atom is -0.410 e. The molecule has 2 fully saturated rings. The second kappa shape index (κ2) is 8.86. The molecule has 1 aromatic rings. The molecule has 0 bridgehead atoms. The van der Waals surface area contributed by atoms with E-state index in [0.717, 1.165) is 17.8 Å². The van der Waals surface area contributed by atoms with Crippen molar-refractivity contribution in [2.45, 2.75) is 90.3 Å². The number of rotatable bonds is 6. The number of hydrogen-bond donors (Lipinski definition) is 0. The quantitative estimate of drug-likeness (QED) is 0.544. The van der Waals surface area contributed by atoms with Crippen LogP contribution in [0.25, 0.3) is 0 Å². The lowest BCUT2D eigenvalue weighted by Gasteiger charge is -2.39. The SMILES string of the molecule is CCC[C@H]1CC[C@H](C2CCC(O[Si](C)(C)c3ccccc3)CC2)CC1. The fraction of sp³-hybridized carbons (Fsp3) is 0.739. The van der Waals surface area contributed by atoms with Gasteiger partial charge in [0.25, 0.3) is 0 Å². The van der Waals surface area contributed by atoms with Gasteiger partial charge in [0.15, 0.2) is 0 Å². The minimum absolute atomic E-state index is 0.509. The molecule has 25 heavy (non-hydrogen) atoms. The van der Waals surface area contributed by atoms with Gasteiger partial charge in [0.1, 0.15) is 0 Å². The van der Waals surface area contributed by atoms with Crippen LogP contribution in [-0.2, 0) is 4.43 Å². The minimum atomic E-state index is -1.75. The summed E-state index contributed by atoms with van der Waals surface area (Å²) in [6.45, 7) is 7.07. The maximum absolute atomic E-state index is 6.69. The van der Waals surface area contributed by atoms with Crippen LogP contribution in [0.4, 0.5) is 0 Å². The van der Waals surface area contributed by atoms with E-state index in [2.05, 4.69) is 50.3 Å². The molecular weight excluding hydrogens is 320 g/mol. The van der Waals surface area contributed by atoms with Crippen LogP contribution in [0.1, 0.15) is 71.1 Å². The molecule has 0 amide bonds. The van der Waals surface area contributed by atoms with Gasteiger partial charge in [-0.1, -0.05) is 62.9 Å². The Kier molecular flexibility index (Phi) is 6.79. The van der Waals surface area contributed by atoms with Gasteiger partial charge in [-0.05, 0) is 74.6 Å². The summed E-state index contributed by atoms with van der Waals surface area (Å²) in [7, 11) is -1.75. The molecule has 0 saturated heterocycles. The van der Waals surface area contributed by atoms with E-state index in [9.17, 15) is 0 Å². The van der Waals surface area contributed by atoms with Gasteiger partial charge >= 0.3 is 0 Å². The van der Waals surface area contributed by atoms with Crippen molar-refractivity contribution in [2.75, 3.05) is 0 Å². The van der Waals surface area contributed by atoms with Crippen LogP contribution in [0.5, 0.6) is 0 Å². The first kappa shape index (κ1) is 19.2. The Balaban J connectivity index is 1.45. The van der Waals surface area contributed by atoms with Crippen LogP contribution >= 0.6 is 0 Å². The van der Waals surface area contributed by atoms with Crippen molar-refractivity contribution in [1.29, 1.82) is 0 Å². The van der Waals surface area contributed by atoms with E-state index in [0.29, 0.717) is 6.10 Å². The second-order valence-electron chi connectivity index (χ2n) is 9.10. The van der Waals surface area contributed by atoms with Crippen LogP contribution in [0, 0.1) is 17.8 Å². The average Bonchev–Trinajstić information content (AvgIpc) is 2.64. The Labute approximate surface area is 156 Å². The van der Waals surface area contributed by atoms with Gasteiger partial charge in [-0.2, -0.15) is 0 Å². The van der Waals surface area contributed by atoms with Crippen molar-refractivity contribution < 1.29 is 4.43 Å². The lowest BCUT2D eigenvalue weighted by atomic mass is 9.70. The van der Waals surface area contributed by atoms with Crippen molar-refractivity contribution >= 4 is 13.5 Å². The predicted octanol–water partition coefficient (Wildman–Crippen LogP) is 6.28. The van der Waals surface area contributed by atoms with E-state index in [1.165, 1.54) is 69.4 Å². The molecule has 3 rings (SSSR count). The molecule has 0 heterocycles. The first-order valence-electron chi connectivity index (χ1n) is 10.8. The summed E-state index contributed by atoms with van der Waals surface area (Å²) < 4.78 is 6.69. The Bertz CT molecular complexity index is 496. The molecule has 0 spiro atoms. The lowest BCUT2D eigenvalue weighted by molar-refractivity contribution is 0.0884. The zero-order valence-corrected chi connectivity index (χ0v) is 17.7. The molecule has 0 unspecified atom stereocenters. The van der Waals surface area contributed by atoms with Gasteiger partial charge in [-0.3, -0.25) is 0 Å². The lowest BCUT2D eigenvalue weighted by Crippen LogP contribution is -2.48. The van der Waals surface area contributed by atoms with Crippen LogP contribution in [0.3, 0.4) is 0 Å². The summed E-state index contributed by atoms with van der Waals surface area (Å²) in [5, 5.41) is 1.44. The van der Waals surface area contributed by atoms with E-state index in [1.807, 2.05) is 0 Å². The largest absolute Gasteiger partial charge is 0.410 e. The topological polar surface area (TPSA) is 9.23 Å². The highest BCUT2D eigenvalue weighted by molar-refractivity contribution is 6.84. The normalized spacial score (nSPS) is 31.0. The van der Waals surface area contributed by atoms with Gasteiger partial charge < -0.3 is 4.43 Å². The third-order valence-electron chi connectivity index (χ3n) is 6.90. The summed E-state index contributed by atoms with van der Waals surface area (Å²) in [5.74, 6) is 3.05. The molecule has 0 aliphatic heterocycles. The van der Waals surface area contributed by atoms with E-state index in [1.54, 1.807) is 0 Å². The van der Waals surface area contributed by atoms with Gasteiger partial charge in [-0.15, -0.1) is 0 Å². The highest BCUT2D eigenvalue weighted by Crippen LogP contribution is 2.41. The van der Waals surface area contributed by atoms with Gasteiger partial charge in [0, 0.05) is 6.10 Å². The van der Waals surface area contributed by atoms with Crippen molar-refractivity contribution in [1.82, 2.24) is 0 Å². The Hall–Kier alpha value is -0.603. The Morgan fingerprint density at radius 1 is 0.840 bits per heavy atom. The molecular formula is C23H38OSi. The molecule has 1 nitrogen and oxygen atoms in total. The highest BCUT2D eigenvalue weighted by Gasteiger charge is 2.34. The summed E-state index contributed by atoms with van der Waals surface area (Å²) in [6, 6.07) is 10.9. The highest BCUT2D eigenvalue weighted by atomic mass is 28.4. The summed E-state index contributed by atoms with van der Waals surface area (Å²) in [4.78, 5) is 0. The maximum atomic E-state index is 6.69. The molecule has 0 N–H and O–H groups in total. The van der Waals surface area contributed by atoms with Crippen LogP contribution in [-0.4, -0.2) is 14.4 Å². The van der Waals surface area contributed by atoms with Gasteiger partial charge in [-0.25, -0.2) is 0 Å². The molecule has 2 aliphatic carbocycles. The van der Waals surface area contributed by atoms with E-state index >= 15 is 0 Å². The average molecular weight is 359 g/mol. The van der Waals surface area contributed by atoms with E-state index in [-0.39, 0.29) is 0 Å². The van der Waals surface area contributed by atoms with E-state index < -0.39 is 8.32 Å². The predicted molar refractivity (Wildman–Crippen MR) is 111 cm³/mol. The van der Waals surface area contributed by atoms with Crippen LogP contribution in [0.15, 0.2) is 30.3 Å². The molecule has 0 radical (unpaired) electrons. The van der Waals surface area contributed by atoms with Crippen molar-refractivity contribution in [3.63, 3.8) is 0 Å². The third-order valence-corrected chi connectivity index (χ3v) is 9.55. The van der Waals surface area contributed by atoms with Crippen molar-refractivity contribution in [3.05, 3.63) is 30.3 Å². The third kappa shape index (κ3) is 5.20. The molecule has 0 atom stereocenters.